The molecular weight excluding hydrogens is 270 g/mol. The van der Waals surface area contributed by atoms with Gasteiger partial charge in [0.05, 0.1) is 29.5 Å². The van der Waals surface area contributed by atoms with Gasteiger partial charge in [-0.3, -0.25) is 0 Å². The molecule has 0 heterocycles. The van der Waals surface area contributed by atoms with Crippen molar-refractivity contribution >= 4 is 45.6 Å². The number of carbonyl (C=O) groups is 1. The van der Waals surface area contributed by atoms with Crippen LogP contribution in [-0.4, -0.2) is 17.7 Å². The highest BCUT2D eigenvalue weighted by Gasteiger charge is 2.07. The summed E-state index contributed by atoms with van der Waals surface area (Å²) in [4.78, 5) is 10.6. The molecule has 1 N–H and O–H groups in total. The third-order valence-electron chi connectivity index (χ3n) is 0.584. The molecular formula is C4H6ClIN2O2. The van der Waals surface area contributed by atoms with Crippen LogP contribution in [0.5, 0.6) is 0 Å². The van der Waals surface area contributed by atoms with Crippen LogP contribution in [0.3, 0.4) is 0 Å². The van der Waals surface area contributed by atoms with Crippen molar-refractivity contribution in [2.24, 2.45) is 5.10 Å². The number of halogens is 2. The lowest BCUT2D eigenvalue weighted by Crippen LogP contribution is -2.13. The Morgan fingerprint density at radius 2 is 2.50 bits per heavy atom. The first-order valence-corrected chi connectivity index (χ1v) is 3.94. The first-order chi connectivity index (χ1) is 4.72. The van der Waals surface area contributed by atoms with Gasteiger partial charge in [-0.25, -0.2) is 8.43 Å². The molecule has 0 aliphatic rings. The summed E-state index contributed by atoms with van der Waals surface area (Å²) in [5, 5.41) is 3.19. The van der Waals surface area contributed by atoms with Crippen molar-refractivity contribution in [2.75, 3.05) is 6.61 Å². The number of hydrogen-bond acceptors (Lipinski definition) is 4. The zero-order valence-corrected chi connectivity index (χ0v) is 8.14. The standard InChI is InChI=1S/C4H6ClIN2O2/c1-2-10-4(9)3(5)7-8-6/h8H,2H2,1H3/b7-3-. The van der Waals surface area contributed by atoms with Gasteiger partial charge in [-0.15, -0.1) is 0 Å². The fraction of sp³-hybridized carbons (Fsp3) is 0.500. The number of nitrogens with zero attached hydrogens (tertiary/aromatic N) is 1. The van der Waals surface area contributed by atoms with Crippen molar-refractivity contribution in [3.63, 3.8) is 0 Å². The number of ether oxygens (including phenoxy) is 1. The molecule has 0 aromatic heterocycles. The summed E-state index contributed by atoms with van der Waals surface area (Å²) in [5.74, 6) is -0.617. The lowest BCUT2D eigenvalue weighted by Gasteiger charge is -1.96. The van der Waals surface area contributed by atoms with Crippen molar-refractivity contribution in [3.05, 3.63) is 0 Å². The van der Waals surface area contributed by atoms with Gasteiger partial charge in [0.15, 0.2) is 0 Å². The molecule has 0 saturated carbocycles. The highest BCUT2D eigenvalue weighted by Crippen LogP contribution is 1.89. The molecule has 0 aliphatic heterocycles. The third kappa shape index (κ3) is 3.89. The second-order valence-corrected chi connectivity index (χ2v) is 2.05. The molecule has 0 aliphatic carbocycles. The lowest BCUT2D eigenvalue weighted by atomic mass is 10.7. The van der Waals surface area contributed by atoms with Crippen LogP contribution in [-0.2, 0) is 9.53 Å². The molecule has 0 atom stereocenters. The number of nitrogens with one attached hydrogen (secondary N) is 1. The third-order valence-corrected chi connectivity index (χ3v) is 1.06. The first kappa shape index (κ1) is 9.96. The number of hydrazone groups is 1. The fourth-order valence-corrected chi connectivity index (χ4v) is 0.754. The molecule has 0 bridgehead atoms. The number of rotatable bonds is 3. The van der Waals surface area contributed by atoms with Gasteiger partial charge in [0.25, 0.3) is 0 Å². The second kappa shape index (κ2) is 5.72. The largest absolute Gasteiger partial charge is 0.461 e. The van der Waals surface area contributed by atoms with Crippen molar-refractivity contribution in [1.82, 2.24) is 3.64 Å². The van der Waals surface area contributed by atoms with Crippen LogP contribution in [0.15, 0.2) is 5.10 Å². The van der Waals surface area contributed by atoms with E-state index in [0.717, 1.165) is 0 Å². The SMILES string of the molecule is CCOC(=O)/C(Cl)=N/NI. The highest BCUT2D eigenvalue weighted by molar-refractivity contribution is 14.1. The number of hydrogen-bond donors (Lipinski definition) is 1. The normalized spacial score (nSPS) is 10.9. The Hall–Kier alpha value is -0.0400. The Labute approximate surface area is 77.4 Å². The van der Waals surface area contributed by atoms with E-state index in [0.29, 0.717) is 6.61 Å². The van der Waals surface area contributed by atoms with Gasteiger partial charge in [-0.1, -0.05) is 11.6 Å². The fourth-order valence-electron chi connectivity index (χ4n) is 0.273. The minimum Gasteiger partial charge on any atom is -0.461 e. The summed E-state index contributed by atoms with van der Waals surface area (Å²) < 4.78 is 6.84. The maximum Gasteiger partial charge on any atom is 0.370 e. The molecule has 0 rings (SSSR count). The van der Waals surface area contributed by atoms with Crippen LogP contribution in [0.4, 0.5) is 0 Å². The van der Waals surface area contributed by atoms with Crippen molar-refractivity contribution < 1.29 is 9.53 Å². The summed E-state index contributed by atoms with van der Waals surface area (Å²) in [5.41, 5.74) is 0. The Kier molecular flexibility index (Phi) is 5.70. The van der Waals surface area contributed by atoms with E-state index >= 15 is 0 Å². The van der Waals surface area contributed by atoms with Gasteiger partial charge in [0.1, 0.15) is 0 Å². The van der Waals surface area contributed by atoms with Crippen LogP contribution >= 0.6 is 34.5 Å². The Bertz CT molecular complexity index is 150. The predicted molar refractivity (Wildman–Crippen MR) is 47.1 cm³/mol. The van der Waals surface area contributed by atoms with Crippen molar-refractivity contribution in [2.45, 2.75) is 6.92 Å². The maximum absolute atomic E-state index is 10.6. The summed E-state index contributed by atoms with van der Waals surface area (Å²) in [7, 11) is 0. The summed E-state index contributed by atoms with van der Waals surface area (Å²) in [6, 6.07) is 0. The maximum atomic E-state index is 10.6. The van der Waals surface area contributed by atoms with E-state index in [1.165, 1.54) is 0 Å². The van der Waals surface area contributed by atoms with E-state index in [-0.39, 0.29) is 5.17 Å². The topological polar surface area (TPSA) is 50.7 Å². The molecule has 58 valence electrons. The van der Waals surface area contributed by atoms with E-state index in [1.54, 1.807) is 29.8 Å². The summed E-state index contributed by atoms with van der Waals surface area (Å²) >= 11 is 7.05. The first-order valence-electron chi connectivity index (χ1n) is 2.48. The smallest absolute Gasteiger partial charge is 0.370 e. The molecule has 0 spiro atoms. The van der Waals surface area contributed by atoms with Crippen LogP contribution < -0.4 is 3.64 Å². The molecule has 0 aromatic rings. The van der Waals surface area contributed by atoms with Crippen LogP contribution in [0.1, 0.15) is 6.92 Å². The summed E-state index contributed by atoms with van der Waals surface area (Å²) in [6.07, 6.45) is 0. The number of carbonyl (C=O) groups excluding carboxylic acids is 1. The predicted octanol–water partition coefficient (Wildman–Crippen LogP) is 1.04. The minimum atomic E-state index is -0.617. The number of esters is 1. The van der Waals surface area contributed by atoms with Crippen molar-refractivity contribution in [1.29, 1.82) is 0 Å². The van der Waals surface area contributed by atoms with Gasteiger partial charge in [0.2, 0.25) is 5.17 Å². The molecule has 4 nitrogen and oxygen atoms in total. The lowest BCUT2D eigenvalue weighted by molar-refractivity contribution is -0.134. The van der Waals surface area contributed by atoms with Crippen LogP contribution in [0.25, 0.3) is 0 Å². The Balaban J connectivity index is 3.82. The molecule has 0 saturated heterocycles. The molecule has 0 radical (unpaired) electrons. The molecule has 0 fully saturated rings. The van der Waals surface area contributed by atoms with Crippen molar-refractivity contribution in [3.8, 4) is 0 Å². The van der Waals surface area contributed by atoms with Gasteiger partial charge in [-0.2, -0.15) is 5.10 Å². The van der Waals surface area contributed by atoms with Gasteiger partial charge < -0.3 is 4.74 Å². The van der Waals surface area contributed by atoms with E-state index in [2.05, 4.69) is 13.5 Å². The second-order valence-electron chi connectivity index (χ2n) is 1.21. The monoisotopic (exact) mass is 276 g/mol. The molecule has 0 unspecified atom stereocenters. The van der Waals surface area contributed by atoms with Crippen LogP contribution in [0, 0.1) is 0 Å². The van der Waals surface area contributed by atoms with E-state index in [4.69, 9.17) is 11.6 Å². The zero-order chi connectivity index (χ0) is 7.98. The highest BCUT2D eigenvalue weighted by atomic mass is 127. The van der Waals surface area contributed by atoms with Gasteiger partial charge >= 0.3 is 5.97 Å². The average molecular weight is 276 g/mol. The summed E-state index contributed by atoms with van der Waals surface area (Å²) in [6.45, 7) is 1.99. The van der Waals surface area contributed by atoms with E-state index < -0.39 is 5.97 Å². The Morgan fingerprint density at radius 1 is 1.90 bits per heavy atom. The quantitative estimate of drug-likeness (QED) is 0.275. The van der Waals surface area contributed by atoms with E-state index in [1.807, 2.05) is 0 Å². The molecule has 10 heavy (non-hydrogen) atoms. The van der Waals surface area contributed by atoms with Gasteiger partial charge in [-0.05, 0) is 6.92 Å². The minimum absolute atomic E-state index is 0.198. The Morgan fingerprint density at radius 3 is 2.90 bits per heavy atom. The van der Waals surface area contributed by atoms with E-state index in [9.17, 15) is 4.79 Å². The van der Waals surface area contributed by atoms with Gasteiger partial charge in [0, 0.05) is 0 Å². The van der Waals surface area contributed by atoms with Crippen LogP contribution in [0.2, 0.25) is 0 Å². The molecule has 0 amide bonds. The molecule has 0 aromatic carbocycles. The zero-order valence-electron chi connectivity index (χ0n) is 5.23. The average Bonchev–Trinajstić information content (AvgIpc) is 1.89. The molecule has 6 heteroatoms.